The quantitative estimate of drug-likeness (QED) is 0.764. The van der Waals surface area contributed by atoms with Gasteiger partial charge in [-0.05, 0) is 50.0 Å². The van der Waals surface area contributed by atoms with Crippen molar-refractivity contribution < 1.29 is 8.94 Å². The van der Waals surface area contributed by atoms with Crippen molar-refractivity contribution in [2.75, 3.05) is 13.1 Å². The topological polar surface area (TPSA) is 97.0 Å². The van der Waals surface area contributed by atoms with Crippen LogP contribution in [-0.2, 0) is 6.42 Å². The first kappa shape index (κ1) is 13.3. The number of oxazole rings is 1. The number of benzene rings is 1. The first-order valence-corrected chi connectivity index (χ1v) is 7.44. The van der Waals surface area contributed by atoms with E-state index in [0.717, 1.165) is 43.7 Å². The fourth-order valence-electron chi connectivity index (χ4n) is 2.88. The van der Waals surface area contributed by atoms with E-state index >= 15 is 0 Å². The Morgan fingerprint density at radius 3 is 3.00 bits per heavy atom. The first-order chi connectivity index (χ1) is 10.8. The van der Waals surface area contributed by atoms with E-state index in [1.54, 1.807) is 18.2 Å². The zero-order valence-corrected chi connectivity index (χ0v) is 12.0. The normalized spacial score (nSPS) is 16.4. The Hall–Kier alpha value is -2.41. The highest BCUT2D eigenvalue weighted by Crippen LogP contribution is 2.23. The van der Waals surface area contributed by atoms with E-state index in [0.29, 0.717) is 22.9 Å². The van der Waals surface area contributed by atoms with Crippen molar-refractivity contribution in [3.05, 3.63) is 34.6 Å². The molecule has 3 aromatic rings. The molecule has 0 atom stereocenters. The van der Waals surface area contributed by atoms with Crippen molar-refractivity contribution in [2.45, 2.75) is 19.3 Å². The number of aromatic amines is 1. The van der Waals surface area contributed by atoms with Gasteiger partial charge < -0.3 is 14.3 Å². The van der Waals surface area contributed by atoms with Crippen LogP contribution in [0.2, 0.25) is 0 Å². The molecule has 4 rings (SSSR count). The monoisotopic (exact) mass is 300 g/mol. The number of hydrogen-bond donors (Lipinski definition) is 2. The molecule has 0 unspecified atom stereocenters. The van der Waals surface area contributed by atoms with Crippen molar-refractivity contribution in [2.24, 2.45) is 5.92 Å². The maximum absolute atomic E-state index is 11.2. The van der Waals surface area contributed by atoms with Gasteiger partial charge in [-0.1, -0.05) is 5.16 Å². The van der Waals surface area contributed by atoms with Crippen molar-refractivity contribution in [3.63, 3.8) is 0 Å². The maximum Gasteiger partial charge on any atom is 0.417 e. The number of nitrogens with one attached hydrogen (secondary N) is 2. The highest BCUT2D eigenvalue weighted by Gasteiger charge is 2.17. The Morgan fingerprint density at radius 1 is 1.27 bits per heavy atom. The average molecular weight is 300 g/mol. The number of fused-ring (bicyclic) bond motifs is 1. The van der Waals surface area contributed by atoms with Gasteiger partial charge in [-0.25, -0.2) is 4.79 Å². The van der Waals surface area contributed by atoms with Crippen LogP contribution in [0.4, 0.5) is 0 Å². The zero-order chi connectivity index (χ0) is 14.9. The molecule has 2 N–H and O–H groups in total. The lowest BCUT2D eigenvalue weighted by atomic mass is 9.94. The van der Waals surface area contributed by atoms with Crippen molar-refractivity contribution in [3.8, 4) is 11.5 Å². The number of piperidine rings is 1. The lowest BCUT2D eigenvalue weighted by molar-refractivity contribution is 0.356. The van der Waals surface area contributed by atoms with Crippen LogP contribution in [0.3, 0.4) is 0 Å². The van der Waals surface area contributed by atoms with E-state index in [-0.39, 0.29) is 0 Å². The van der Waals surface area contributed by atoms with Crippen molar-refractivity contribution >= 4 is 11.1 Å². The molecule has 1 saturated heterocycles. The zero-order valence-electron chi connectivity index (χ0n) is 12.0. The summed E-state index contributed by atoms with van der Waals surface area (Å²) in [7, 11) is 0. The minimum atomic E-state index is -0.468. The molecule has 2 aromatic heterocycles. The van der Waals surface area contributed by atoms with E-state index in [1.165, 1.54) is 0 Å². The SMILES string of the molecule is O=c1[nH]c2cc(-c3nc(CC4CCNCC4)no3)ccc2o1. The minimum absolute atomic E-state index is 0.466. The van der Waals surface area contributed by atoms with E-state index in [1.807, 2.05) is 0 Å². The van der Waals surface area contributed by atoms with E-state index < -0.39 is 5.76 Å². The van der Waals surface area contributed by atoms with Crippen LogP contribution in [0, 0.1) is 5.92 Å². The van der Waals surface area contributed by atoms with Crippen LogP contribution in [0.15, 0.2) is 31.9 Å². The van der Waals surface area contributed by atoms with Crippen LogP contribution in [-0.4, -0.2) is 28.2 Å². The lowest BCUT2D eigenvalue weighted by Crippen LogP contribution is -2.28. The average Bonchev–Trinajstić information content (AvgIpc) is 3.13. The summed E-state index contributed by atoms with van der Waals surface area (Å²) in [6, 6.07) is 5.31. The molecule has 0 saturated carbocycles. The van der Waals surface area contributed by atoms with Crippen molar-refractivity contribution in [1.82, 2.24) is 20.4 Å². The standard InChI is InChI=1S/C15H16N4O3/c20-15-17-11-8-10(1-2-12(11)21-15)14-18-13(19-22-14)7-9-3-5-16-6-4-9/h1-2,8-9,16H,3-7H2,(H,17,20). The van der Waals surface area contributed by atoms with E-state index in [2.05, 4.69) is 20.4 Å². The van der Waals surface area contributed by atoms with Crippen LogP contribution in [0.25, 0.3) is 22.6 Å². The Labute approximate surface area is 125 Å². The molecule has 114 valence electrons. The van der Waals surface area contributed by atoms with Crippen LogP contribution >= 0.6 is 0 Å². The molecule has 22 heavy (non-hydrogen) atoms. The second kappa shape index (κ2) is 5.42. The Kier molecular flexibility index (Phi) is 3.27. The van der Waals surface area contributed by atoms with Gasteiger partial charge in [0.2, 0.25) is 0 Å². The molecule has 1 fully saturated rings. The summed E-state index contributed by atoms with van der Waals surface area (Å²) in [6.45, 7) is 2.11. The molecular weight excluding hydrogens is 284 g/mol. The van der Waals surface area contributed by atoms with Gasteiger partial charge in [-0.2, -0.15) is 4.98 Å². The molecule has 7 nitrogen and oxygen atoms in total. The van der Waals surface area contributed by atoms with Gasteiger partial charge >= 0.3 is 5.76 Å². The third-order valence-electron chi connectivity index (χ3n) is 4.06. The summed E-state index contributed by atoms with van der Waals surface area (Å²) in [4.78, 5) is 18.3. The Bertz CT molecular complexity index is 842. The lowest BCUT2D eigenvalue weighted by Gasteiger charge is -2.20. The van der Waals surface area contributed by atoms with Crippen molar-refractivity contribution in [1.29, 1.82) is 0 Å². The molecule has 1 aliphatic heterocycles. The predicted octanol–water partition coefficient (Wildman–Crippen LogP) is 1.71. The molecule has 0 spiro atoms. The number of hydrogen-bond acceptors (Lipinski definition) is 6. The van der Waals surface area contributed by atoms with Gasteiger partial charge in [0.15, 0.2) is 11.4 Å². The summed E-state index contributed by atoms with van der Waals surface area (Å²) in [5.74, 6) is 1.35. The van der Waals surface area contributed by atoms with E-state index in [9.17, 15) is 4.79 Å². The van der Waals surface area contributed by atoms with E-state index in [4.69, 9.17) is 8.94 Å². The van der Waals surface area contributed by atoms with Gasteiger partial charge in [0.05, 0.1) is 5.52 Å². The number of aromatic nitrogens is 3. The summed E-state index contributed by atoms with van der Waals surface area (Å²) >= 11 is 0. The van der Waals surface area contributed by atoms with Gasteiger partial charge in [0.25, 0.3) is 5.89 Å². The Morgan fingerprint density at radius 2 is 2.14 bits per heavy atom. The predicted molar refractivity (Wildman–Crippen MR) is 79.4 cm³/mol. The van der Waals surface area contributed by atoms with Crippen LogP contribution in [0.5, 0.6) is 0 Å². The number of rotatable bonds is 3. The molecular formula is C15H16N4O3. The summed E-state index contributed by atoms with van der Waals surface area (Å²) in [5.41, 5.74) is 1.91. The summed E-state index contributed by atoms with van der Waals surface area (Å²) in [5, 5.41) is 7.42. The molecule has 0 aliphatic carbocycles. The summed E-state index contributed by atoms with van der Waals surface area (Å²) < 4.78 is 10.3. The molecule has 3 heterocycles. The number of nitrogens with zero attached hydrogens (tertiary/aromatic N) is 2. The molecule has 0 bridgehead atoms. The largest absolute Gasteiger partial charge is 0.417 e. The second-order valence-corrected chi connectivity index (χ2v) is 5.64. The van der Waals surface area contributed by atoms with Crippen LogP contribution < -0.4 is 11.1 Å². The number of H-pyrrole nitrogens is 1. The fourth-order valence-corrected chi connectivity index (χ4v) is 2.88. The Balaban J connectivity index is 1.57. The molecule has 1 aliphatic rings. The molecule has 0 amide bonds. The second-order valence-electron chi connectivity index (χ2n) is 5.64. The summed E-state index contributed by atoms with van der Waals surface area (Å²) in [6.07, 6.45) is 3.13. The highest BCUT2D eigenvalue weighted by atomic mass is 16.5. The van der Waals surface area contributed by atoms with Gasteiger partial charge in [-0.3, -0.25) is 4.98 Å². The third kappa shape index (κ3) is 2.55. The third-order valence-corrected chi connectivity index (χ3v) is 4.06. The van der Waals surface area contributed by atoms with Gasteiger partial charge in [0.1, 0.15) is 0 Å². The highest BCUT2D eigenvalue weighted by molar-refractivity contribution is 5.77. The fraction of sp³-hybridized carbons (Fsp3) is 0.400. The molecule has 7 heteroatoms. The van der Waals surface area contributed by atoms with Gasteiger partial charge in [-0.15, -0.1) is 0 Å². The maximum atomic E-state index is 11.2. The molecule has 1 aromatic carbocycles. The minimum Gasteiger partial charge on any atom is -0.408 e. The van der Waals surface area contributed by atoms with Crippen LogP contribution in [0.1, 0.15) is 18.7 Å². The van der Waals surface area contributed by atoms with Gasteiger partial charge in [0, 0.05) is 12.0 Å². The smallest absolute Gasteiger partial charge is 0.408 e. The molecule has 0 radical (unpaired) electrons. The first-order valence-electron chi connectivity index (χ1n) is 7.44.